The van der Waals surface area contributed by atoms with E-state index in [0.29, 0.717) is 35.2 Å². The number of ether oxygens (including phenoxy) is 4. The van der Waals surface area contributed by atoms with Gasteiger partial charge in [-0.1, -0.05) is 6.07 Å². The number of hydrogen-bond donors (Lipinski definition) is 1. The summed E-state index contributed by atoms with van der Waals surface area (Å²) in [5.41, 5.74) is 1.50. The maximum absolute atomic E-state index is 12.5. The summed E-state index contributed by atoms with van der Waals surface area (Å²) in [5, 5.41) is 2.95. The third-order valence-electron chi connectivity index (χ3n) is 4.98. The molecule has 1 heterocycles. The number of nitrogens with zero attached hydrogens (tertiary/aromatic N) is 1. The fraction of sp³-hybridized carbons (Fsp3) is 0.364. The summed E-state index contributed by atoms with van der Waals surface area (Å²) in [6.45, 7) is 0.395. The molecule has 3 rings (SSSR count). The van der Waals surface area contributed by atoms with E-state index in [9.17, 15) is 9.59 Å². The van der Waals surface area contributed by atoms with Crippen LogP contribution in [0.4, 0.5) is 5.69 Å². The first-order valence-corrected chi connectivity index (χ1v) is 9.51. The summed E-state index contributed by atoms with van der Waals surface area (Å²) in [4.78, 5) is 26.7. The van der Waals surface area contributed by atoms with Gasteiger partial charge in [-0.05, 0) is 29.8 Å². The van der Waals surface area contributed by atoms with E-state index in [4.69, 9.17) is 18.9 Å². The largest absolute Gasteiger partial charge is 0.493 e. The molecule has 0 bridgehead atoms. The van der Waals surface area contributed by atoms with Crippen LogP contribution in [0, 0.1) is 0 Å². The molecule has 0 saturated carbocycles. The van der Waals surface area contributed by atoms with Gasteiger partial charge >= 0.3 is 0 Å². The predicted molar refractivity (Wildman–Crippen MR) is 112 cm³/mol. The summed E-state index contributed by atoms with van der Waals surface area (Å²) >= 11 is 0. The summed E-state index contributed by atoms with van der Waals surface area (Å²) in [6, 6.07) is 10.4. The van der Waals surface area contributed by atoms with Gasteiger partial charge < -0.3 is 29.2 Å². The Morgan fingerprint density at radius 3 is 2.17 bits per heavy atom. The predicted octanol–water partition coefficient (Wildman–Crippen LogP) is 2.19. The van der Waals surface area contributed by atoms with Crippen molar-refractivity contribution >= 4 is 17.5 Å². The van der Waals surface area contributed by atoms with Crippen molar-refractivity contribution in [2.45, 2.75) is 18.9 Å². The zero-order valence-corrected chi connectivity index (χ0v) is 17.6. The number of hydrogen-bond acceptors (Lipinski definition) is 6. The first kappa shape index (κ1) is 21.3. The minimum atomic E-state index is -0.266. The minimum absolute atomic E-state index is 0.0568. The lowest BCUT2D eigenvalue weighted by atomic mass is 10.1. The van der Waals surface area contributed by atoms with Crippen LogP contribution in [0.2, 0.25) is 0 Å². The van der Waals surface area contributed by atoms with Gasteiger partial charge in [0.1, 0.15) is 0 Å². The Kier molecular flexibility index (Phi) is 6.66. The van der Waals surface area contributed by atoms with Gasteiger partial charge in [-0.25, -0.2) is 0 Å². The number of methoxy groups -OCH3 is 4. The molecule has 2 aromatic rings. The smallest absolute Gasteiger partial charge is 0.229 e. The van der Waals surface area contributed by atoms with Gasteiger partial charge in [-0.3, -0.25) is 9.59 Å². The normalized spacial score (nSPS) is 15.7. The zero-order chi connectivity index (χ0) is 21.7. The minimum Gasteiger partial charge on any atom is -0.493 e. The molecule has 1 saturated heterocycles. The number of amides is 2. The van der Waals surface area contributed by atoms with E-state index in [2.05, 4.69) is 5.32 Å². The van der Waals surface area contributed by atoms with E-state index in [-0.39, 0.29) is 30.7 Å². The van der Waals surface area contributed by atoms with Gasteiger partial charge in [0.05, 0.1) is 40.9 Å². The molecule has 2 aromatic carbocycles. The van der Waals surface area contributed by atoms with E-state index in [1.807, 2.05) is 6.07 Å². The molecule has 0 unspecified atom stereocenters. The van der Waals surface area contributed by atoms with Crippen LogP contribution in [0.15, 0.2) is 36.4 Å². The molecule has 1 atom stereocenters. The lowest BCUT2D eigenvalue weighted by molar-refractivity contribution is -0.121. The molecule has 1 N–H and O–H groups in total. The van der Waals surface area contributed by atoms with Gasteiger partial charge in [-0.2, -0.15) is 0 Å². The second kappa shape index (κ2) is 9.39. The maximum Gasteiger partial charge on any atom is 0.229 e. The molecule has 30 heavy (non-hydrogen) atoms. The first-order valence-electron chi connectivity index (χ1n) is 9.51. The highest BCUT2D eigenvalue weighted by molar-refractivity contribution is 5.97. The highest BCUT2D eigenvalue weighted by atomic mass is 16.5. The van der Waals surface area contributed by atoms with Crippen LogP contribution in [0.25, 0.3) is 0 Å². The third-order valence-corrected chi connectivity index (χ3v) is 4.98. The number of rotatable bonds is 8. The van der Waals surface area contributed by atoms with Crippen molar-refractivity contribution in [3.63, 3.8) is 0 Å². The van der Waals surface area contributed by atoms with Crippen LogP contribution >= 0.6 is 0 Å². The van der Waals surface area contributed by atoms with E-state index in [0.717, 1.165) is 5.56 Å². The lowest BCUT2D eigenvalue weighted by Crippen LogP contribution is -2.38. The van der Waals surface area contributed by atoms with Gasteiger partial charge in [0.15, 0.2) is 23.0 Å². The molecule has 2 amide bonds. The molecule has 1 fully saturated rings. The number of benzene rings is 2. The van der Waals surface area contributed by atoms with Crippen LogP contribution < -0.4 is 29.2 Å². The molecule has 8 heteroatoms. The Morgan fingerprint density at radius 1 is 0.933 bits per heavy atom. The molecule has 1 aliphatic rings. The molecular formula is C22H26N2O6. The van der Waals surface area contributed by atoms with Crippen LogP contribution in [-0.4, -0.2) is 52.8 Å². The van der Waals surface area contributed by atoms with Crippen LogP contribution in [-0.2, 0) is 16.0 Å². The van der Waals surface area contributed by atoms with Crippen molar-refractivity contribution in [1.82, 2.24) is 5.32 Å². The topological polar surface area (TPSA) is 86.3 Å². The van der Waals surface area contributed by atoms with Crippen molar-refractivity contribution in [1.29, 1.82) is 0 Å². The van der Waals surface area contributed by atoms with E-state index in [1.54, 1.807) is 63.7 Å². The number of carbonyl (C=O) groups is 2. The van der Waals surface area contributed by atoms with Gasteiger partial charge in [0.2, 0.25) is 11.8 Å². The molecule has 8 nitrogen and oxygen atoms in total. The average Bonchev–Trinajstić information content (AvgIpc) is 3.12. The molecule has 1 aliphatic heterocycles. The Hall–Kier alpha value is -3.42. The maximum atomic E-state index is 12.5. The summed E-state index contributed by atoms with van der Waals surface area (Å²) in [6.07, 6.45) is 0.424. The van der Waals surface area contributed by atoms with Crippen LogP contribution in [0.3, 0.4) is 0 Å². The number of carbonyl (C=O) groups excluding carboxylic acids is 2. The highest BCUT2D eigenvalue weighted by Gasteiger charge is 2.32. The Morgan fingerprint density at radius 2 is 1.53 bits per heavy atom. The van der Waals surface area contributed by atoms with Crippen molar-refractivity contribution in [2.24, 2.45) is 0 Å². The van der Waals surface area contributed by atoms with Gasteiger partial charge in [-0.15, -0.1) is 0 Å². The Bertz CT molecular complexity index is 930. The average molecular weight is 414 g/mol. The SMILES string of the molecule is COc1ccc(CC(=O)N[C@@H]2CC(=O)N(c3ccc(OC)c(OC)c3)C2)cc1OC. The summed E-state index contributed by atoms with van der Waals surface area (Å²) in [7, 11) is 6.22. The van der Waals surface area contributed by atoms with Gasteiger partial charge in [0, 0.05) is 24.7 Å². The summed E-state index contributed by atoms with van der Waals surface area (Å²) < 4.78 is 21.0. The molecular weight excluding hydrogens is 388 g/mol. The molecule has 0 aliphatic carbocycles. The third kappa shape index (κ3) is 4.59. The molecule has 160 valence electrons. The second-order valence-corrected chi connectivity index (χ2v) is 6.88. The zero-order valence-electron chi connectivity index (χ0n) is 17.6. The Labute approximate surface area is 175 Å². The Balaban J connectivity index is 1.63. The summed E-state index contributed by atoms with van der Waals surface area (Å²) in [5.74, 6) is 2.09. The second-order valence-electron chi connectivity index (χ2n) is 6.88. The quantitative estimate of drug-likeness (QED) is 0.713. The van der Waals surface area contributed by atoms with Gasteiger partial charge in [0.25, 0.3) is 0 Å². The standard InChI is InChI=1S/C22H26N2O6/c1-27-17-7-5-14(9-19(17)29-3)10-21(25)23-15-11-22(26)24(13-15)16-6-8-18(28-2)20(12-16)30-4/h5-9,12,15H,10-11,13H2,1-4H3,(H,23,25)/t15-/m1/s1. The monoisotopic (exact) mass is 414 g/mol. The van der Waals surface area contributed by atoms with Crippen molar-refractivity contribution in [2.75, 3.05) is 39.9 Å². The van der Waals surface area contributed by atoms with E-state index >= 15 is 0 Å². The molecule has 0 radical (unpaired) electrons. The van der Waals surface area contributed by atoms with E-state index < -0.39 is 0 Å². The van der Waals surface area contributed by atoms with Crippen molar-refractivity contribution in [3.8, 4) is 23.0 Å². The van der Waals surface area contributed by atoms with Crippen LogP contribution in [0.1, 0.15) is 12.0 Å². The van der Waals surface area contributed by atoms with Crippen molar-refractivity contribution in [3.05, 3.63) is 42.0 Å². The highest BCUT2D eigenvalue weighted by Crippen LogP contribution is 2.33. The van der Waals surface area contributed by atoms with Crippen molar-refractivity contribution < 1.29 is 28.5 Å². The first-order chi connectivity index (χ1) is 14.5. The molecule has 0 aromatic heterocycles. The fourth-order valence-electron chi connectivity index (χ4n) is 3.50. The molecule has 0 spiro atoms. The fourth-order valence-corrected chi connectivity index (χ4v) is 3.50. The number of nitrogens with one attached hydrogen (secondary N) is 1. The number of anilines is 1. The van der Waals surface area contributed by atoms with Crippen LogP contribution in [0.5, 0.6) is 23.0 Å². The lowest BCUT2D eigenvalue weighted by Gasteiger charge is -2.19. The van der Waals surface area contributed by atoms with E-state index in [1.165, 1.54) is 0 Å².